The highest BCUT2D eigenvalue weighted by molar-refractivity contribution is 6.32. The standard InChI is InChI=1S/C20H18ClN3O5/c1-2-3-10-28-15-7-4-13(5-8-15)19-12-17(23-29-19)20(25)22-14-6-9-16(21)18(11-14)24(26)27/h4-9,11-12H,2-3,10H2,1H3,(H,22,25). The number of unbranched alkanes of at least 4 members (excludes halogenated alkanes) is 1. The first-order chi connectivity index (χ1) is 14.0. The minimum Gasteiger partial charge on any atom is -0.494 e. The Hall–Kier alpha value is -3.39. The van der Waals surface area contributed by atoms with Crippen LogP contribution in [0.3, 0.4) is 0 Å². The zero-order chi connectivity index (χ0) is 20.8. The van der Waals surface area contributed by atoms with Gasteiger partial charge in [0.2, 0.25) is 0 Å². The van der Waals surface area contributed by atoms with Crippen molar-refractivity contribution in [2.24, 2.45) is 0 Å². The summed E-state index contributed by atoms with van der Waals surface area (Å²) in [5, 5.41) is 17.3. The minimum absolute atomic E-state index is 0.0150. The Balaban J connectivity index is 1.68. The fraction of sp³-hybridized carbons (Fsp3) is 0.200. The maximum atomic E-state index is 12.4. The molecule has 0 atom stereocenters. The number of halogens is 1. The van der Waals surface area contributed by atoms with Gasteiger partial charge in [0.25, 0.3) is 11.6 Å². The smallest absolute Gasteiger partial charge is 0.289 e. The van der Waals surface area contributed by atoms with Crippen molar-refractivity contribution in [2.75, 3.05) is 11.9 Å². The van der Waals surface area contributed by atoms with E-state index in [1.807, 2.05) is 24.3 Å². The fourth-order valence-corrected chi connectivity index (χ4v) is 2.68. The third-order valence-electron chi connectivity index (χ3n) is 4.05. The second-order valence-corrected chi connectivity index (χ2v) is 6.59. The first kappa shape index (κ1) is 20.3. The predicted molar refractivity (Wildman–Crippen MR) is 108 cm³/mol. The van der Waals surface area contributed by atoms with E-state index >= 15 is 0 Å². The Bertz CT molecular complexity index is 1020. The number of nitro benzene ring substituents is 1. The van der Waals surface area contributed by atoms with Gasteiger partial charge in [0, 0.05) is 23.4 Å². The molecule has 0 bridgehead atoms. The van der Waals surface area contributed by atoms with Crippen LogP contribution in [0.15, 0.2) is 53.1 Å². The summed E-state index contributed by atoms with van der Waals surface area (Å²) >= 11 is 5.77. The minimum atomic E-state index is -0.623. The van der Waals surface area contributed by atoms with Gasteiger partial charge in [-0.3, -0.25) is 14.9 Å². The van der Waals surface area contributed by atoms with Crippen LogP contribution in [-0.4, -0.2) is 22.6 Å². The first-order valence-corrected chi connectivity index (χ1v) is 9.31. The number of benzene rings is 2. The summed E-state index contributed by atoms with van der Waals surface area (Å²) in [6, 6.07) is 12.7. The summed E-state index contributed by atoms with van der Waals surface area (Å²) < 4.78 is 10.9. The summed E-state index contributed by atoms with van der Waals surface area (Å²) in [5.74, 6) is 0.609. The molecule has 9 heteroatoms. The van der Waals surface area contributed by atoms with Gasteiger partial charge in [0.1, 0.15) is 10.8 Å². The quantitative estimate of drug-likeness (QED) is 0.302. The highest BCUT2D eigenvalue weighted by Gasteiger charge is 2.17. The second kappa shape index (κ2) is 9.20. The topological polar surface area (TPSA) is 108 Å². The number of nitro groups is 1. The average molecular weight is 416 g/mol. The zero-order valence-corrected chi connectivity index (χ0v) is 16.3. The molecule has 0 aliphatic carbocycles. The molecule has 3 rings (SSSR count). The Morgan fingerprint density at radius 1 is 1.24 bits per heavy atom. The van der Waals surface area contributed by atoms with Crippen molar-refractivity contribution in [1.82, 2.24) is 5.16 Å². The van der Waals surface area contributed by atoms with Crippen LogP contribution in [0.5, 0.6) is 5.75 Å². The number of rotatable bonds is 8. The maximum absolute atomic E-state index is 12.4. The van der Waals surface area contributed by atoms with Crippen molar-refractivity contribution in [3.05, 3.63) is 69.4 Å². The van der Waals surface area contributed by atoms with Crippen LogP contribution in [0.1, 0.15) is 30.3 Å². The highest BCUT2D eigenvalue weighted by atomic mass is 35.5. The molecule has 0 saturated carbocycles. The van der Waals surface area contributed by atoms with Crippen LogP contribution in [-0.2, 0) is 0 Å². The SMILES string of the molecule is CCCCOc1ccc(-c2cc(C(=O)Nc3ccc(Cl)c([N+](=O)[O-])c3)no2)cc1. The molecule has 3 aromatic rings. The predicted octanol–water partition coefficient (Wildman–Crippen LogP) is 5.33. The largest absolute Gasteiger partial charge is 0.494 e. The summed E-state index contributed by atoms with van der Waals surface area (Å²) in [5.41, 5.74) is 0.707. The van der Waals surface area contributed by atoms with E-state index in [0.29, 0.717) is 12.4 Å². The van der Waals surface area contributed by atoms with Gasteiger partial charge in [0.05, 0.1) is 11.5 Å². The fourth-order valence-electron chi connectivity index (χ4n) is 2.49. The maximum Gasteiger partial charge on any atom is 0.289 e. The van der Waals surface area contributed by atoms with E-state index in [0.717, 1.165) is 24.2 Å². The number of hydrogen-bond donors (Lipinski definition) is 1. The van der Waals surface area contributed by atoms with E-state index in [1.54, 1.807) is 0 Å². The van der Waals surface area contributed by atoms with Crippen molar-refractivity contribution in [3.63, 3.8) is 0 Å². The normalized spacial score (nSPS) is 10.6. The molecule has 150 valence electrons. The Morgan fingerprint density at radius 3 is 2.69 bits per heavy atom. The van der Waals surface area contributed by atoms with Gasteiger partial charge in [0.15, 0.2) is 11.5 Å². The van der Waals surface area contributed by atoms with Crippen molar-refractivity contribution in [3.8, 4) is 17.1 Å². The number of carbonyl (C=O) groups is 1. The van der Waals surface area contributed by atoms with E-state index in [1.165, 1.54) is 24.3 Å². The van der Waals surface area contributed by atoms with Crippen LogP contribution < -0.4 is 10.1 Å². The molecule has 2 aromatic carbocycles. The van der Waals surface area contributed by atoms with E-state index in [-0.39, 0.29) is 22.1 Å². The number of anilines is 1. The molecule has 1 N–H and O–H groups in total. The van der Waals surface area contributed by atoms with Crippen LogP contribution in [0.2, 0.25) is 5.02 Å². The number of nitrogens with one attached hydrogen (secondary N) is 1. The number of ether oxygens (including phenoxy) is 1. The van der Waals surface area contributed by atoms with E-state index in [9.17, 15) is 14.9 Å². The highest BCUT2D eigenvalue weighted by Crippen LogP contribution is 2.28. The average Bonchev–Trinajstić information content (AvgIpc) is 3.20. The molecule has 0 spiro atoms. The Labute approximate surface area is 171 Å². The van der Waals surface area contributed by atoms with Crippen molar-refractivity contribution in [1.29, 1.82) is 0 Å². The summed E-state index contributed by atoms with van der Waals surface area (Å²) in [6.45, 7) is 2.75. The molecule has 0 aliphatic heterocycles. The lowest BCUT2D eigenvalue weighted by Crippen LogP contribution is -2.12. The third kappa shape index (κ3) is 5.11. The van der Waals surface area contributed by atoms with Gasteiger partial charge in [-0.1, -0.05) is 30.1 Å². The zero-order valence-electron chi connectivity index (χ0n) is 15.6. The summed E-state index contributed by atoms with van der Waals surface area (Å²) in [6.07, 6.45) is 2.05. The van der Waals surface area contributed by atoms with Crippen LogP contribution in [0.25, 0.3) is 11.3 Å². The lowest BCUT2D eigenvalue weighted by Gasteiger charge is -2.05. The van der Waals surface area contributed by atoms with E-state index < -0.39 is 10.8 Å². The Kier molecular flexibility index (Phi) is 6.46. The molecular formula is C20H18ClN3O5. The first-order valence-electron chi connectivity index (χ1n) is 8.93. The molecule has 0 saturated heterocycles. The van der Waals surface area contributed by atoms with Crippen molar-refractivity contribution >= 4 is 28.9 Å². The molecule has 0 radical (unpaired) electrons. The third-order valence-corrected chi connectivity index (χ3v) is 4.37. The molecule has 29 heavy (non-hydrogen) atoms. The van der Waals surface area contributed by atoms with Gasteiger partial charge >= 0.3 is 0 Å². The number of carbonyl (C=O) groups excluding carboxylic acids is 1. The molecule has 1 amide bonds. The lowest BCUT2D eigenvalue weighted by atomic mass is 10.1. The monoisotopic (exact) mass is 415 g/mol. The van der Waals surface area contributed by atoms with E-state index in [2.05, 4.69) is 17.4 Å². The van der Waals surface area contributed by atoms with Gasteiger partial charge in [-0.25, -0.2) is 0 Å². The van der Waals surface area contributed by atoms with Gasteiger partial charge < -0.3 is 14.6 Å². The van der Waals surface area contributed by atoms with E-state index in [4.69, 9.17) is 20.9 Å². The number of aromatic nitrogens is 1. The van der Waals surface area contributed by atoms with Crippen molar-refractivity contribution in [2.45, 2.75) is 19.8 Å². The molecule has 0 unspecified atom stereocenters. The number of hydrogen-bond acceptors (Lipinski definition) is 6. The number of nitrogens with zero attached hydrogens (tertiary/aromatic N) is 2. The van der Waals surface area contributed by atoms with Crippen LogP contribution in [0.4, 0.5) is 11.4 Å². The molecule has 0 aliphatic rings. The molecule has 1 heterocycles. The van der Waals surface area contributed by atoms with Gasteiger partial charge in [-0.05, 0) is 42.8 Å². The van der Waals surface area contributed by atoms with Crippen LogP contribution >= 0.6 is 11.6 Å². The molecule has 1 aromatic heterocycles. The molecular weight excluding hydrogens is 398 g/mol. The van der Waals surface area contributed by atoms with Crippen LogP contribution in [0, 0.1) is 10.1 Å². The molecule has 0 fully saturated rings. The van der Waals surface area contributed by atoms with Gasteiger partial charge in [-0.2, -0.15) is 0 Å². The Morgan fingerprint density at radius 2 is 2.00 bits per heavy atom. The van der Waals surface area contributed by atoms with Gasteiger partial charge in [-0.15, -0.1) is 0 Å². The summed E-state index contributed by atoms with van der Waals surface area (Å²) in [7, 11) is 0. The lowest BCUT2D eigenvalue weighted by molar-refractivity contribution is -0.384. The molecule has 8 nitrogen and oxygen atoms in total. The number of amides is 1. The second-order valence-electron chi connectivity index (χ2n) is 6.18. The summed E-state index contributed by atoms with van der Waals surface area (Å²) in [4.78, 5) is 22.7. The van der Waals surface area contributed by atoms with Crippen molar-refractivity contribution < 1.29 is 19.0 Å².